The second-order valence-corrected chi connectivity index (χ2v) is 14.3. The van der Waals surface area contributed by atoms with Gasteiger partial charge in [0.05, 0.1) is 0 Å². The molecule has 0 radical (unpaired) electrons. The Morgan fingerprint density at radius 2 is 1.73 bits per heavy atom. The van der Waals surface area contributed by atoms with Crippen LogP contribution in [-0.4, -0.2) is 17.5 Å². The van der Waals surface area contributed by atoms with Crippen molar-refractivity contribution in [3.63, 3.8) is 0 Å². The molecular weight excluding hydrogens is 594 g/mol. The molecule has 4 rings (SSSR count). The van der Waals surface area contributed by atoms with Crippen molar-refractivity contribution in [1.82, 2.24) is 0 Å². The summed E-state index contributed by atoms with van der Waals surface area (Å²) in [6, 6.07) is 18.0. The van der Waals surface area contributed by atoms with E-state index in [4.69, 9.17) is 4.42 Å². The van der Waals surface area contributed by atoms with Crippen LogP contribution in [0.5, 0.6) is 0 Å². The smallest absolute Gasteiger partial charge is 0.291 e. The van der Waals surface area contributed by atoms with E-state index < -0.39 is 0 Å². The summed E-state index contributed by atoms with van der Waals surface area (Å²) < 4.78 is 5.93. The van der Waals surface area contributed by atoms with Crippen LogP contribution in [0.3, 0.4) is 0 Å². The second kappa shape index (κ2) is 18.1. The van der Waals surface area contributed by atoms with E-state index in [1.165, 1.54) is 11.1 Å². The molecule has 1 aliphatic carbocycles. The monoisotopic (exact) mass is 651 g/mol. The predicted octanol–water partition coefficient (Wildman–Crippen LogP) is 11.6. The van der Waals surface area contributed by atoms with Crippen molar-refractivity contribution in [3.05, 3.63) is 95.0 Å². The van der Waals surface area contributed by atoms with Gasteiger partial charge < -0.3 is 9.73 Å². The van der Waals surface area contributed by atoms with E-state index in [0.29, 0.717) is 41.6 Å². The molecule has 48 heavy (non-hydrogen) atoms. The lowest BCUT2D eigenvalue weighted by atomic mass is 9.73. The van der Waals surface area contributed by atoms with Gasteiger partial charge in [0.1, 0.15) is 11.5 Å². The van der Waals surface area contributed by atoms with Crippen molar-refractivity contribution in [1.29, 1.82) is 0 Å². The summed E-state index contributed by atoms with van der Waals surface area (Å²) in [5.74, 6) is 1.49. The number of carbonyl (C=O) groups excluding carboxylic acids is 3. The minimum Gasteiger partial charge on any atom is -0.451 e. The summed E-state index contributed by atoms with van der Waals surface area (Å²) in [5, 5.41) is 3.10. The zero-order chi connectivity index (χ0) is 34.5. The number of hydrogen-bond acceptors (Lipinski definition) is 4. The Kier molecular flexibility index (Phi) is 14.0. The molecular formula is C43H57NO4. The molecule has 1 N–H and O–H groups in total. The first-order valence-corrected chi connectivity index (χ1v) is 18.5. The number of furan rings is 1. The van der Waals surface area contributed by atoms with E-state index in [0.717, 1.165) is 101 Å². The summed E-state index contributed by atoms with van der Waals surface area (Å²) in [6.45, 7) is 13.1. The first-order chi connectivity index (χ1) is 23.1. The molecule has 0 bridgehead atoms. The van der Waals surface area contributed by atoms with Crippen molar-refractivity contribution in [2.45, 2.75) is 136 Å². The Balaban J connectivity index is 1.47. The van der Waals surface area contributed by atoms with Crippen LogP contribution in [0.25, 0.3) is 5.57 Å². The van der Waals surface area contributed by atoms with Gasteiger partial charge in [-0.2, -0.15) is 0 Å². The van der Waals surface area contributed by atoms with Gasteiger partial charge in [0, 0.05) is 30.5 Å². The SMILES string of the molecule is C=C(CCCC)c1ccc(C(=O)Nc2cc(C(=O)CCCCC3CCCC(=O)C3)ccc2CCCC(C)(CCC)c2ccccc2C)o1. The number of rotatable bonds is 19. The van der Waals surface area contributed by atoms with Gasteiger partial charge in [0.15, 0.2) is 11.5 Å². The van der Waals surface area contributed by atoms with Gasteiger partial charge in [-0.05, 0) is 117 Å². The number of Topliss-reactive ketones (excluding diaryl/α,β-unsaturated/α-hetero) is 2. The fraction of sp³-hybridized carbons (Fsp3) is 0.512. The van der Waals surface area contributed by atoms with Gasteiger partial charge in [-0.15, -0.1) is 0 Å². The van der Waals surface area contributed by atoms with Crippen LogP contribution in [0.15, 0.2) is 65.6 Å². The Labute approximate surface area is 289 Å². The van der Waals surface area contributed by atoms with Crippen LogP contribution in [0, 0.1) is 12.8 Å². The lowest BCUT2D eigenvalue weighted by molar-refractivity contribution is -0.121. The van der Waals surface area contributed by atoms with Gasteiger partial charge in [-0.1, -0.05) is 89.4 Å². The molecule has 2 aromatic carbocycles. The highest BCUT2D eigenvalue weighted by molar-refractivity contribution is 6.04. The number of allylic oxidation sites excluding steroid dienone is 1. The standard InChI is InChI=1S/C43H57NO4/c1-6-8-15-32(4)40-25-26-41(48-40)42(47)44-38-30-35(39(46)22-12-10-17-33-18-13-20-36(45)29-33)24-23-34(38)19-14-28-43(5,27-7-2)37-21-11-9-16-31(37)3/h9,11,16,21,23-26,30,33H,4,6-8,10,12-15,17-20,22,27-29H2,1-3,5H3,(H,44,47). The number of ketones is 2. The molecule has 1 amide bonds. The lowest BCUT2D eigenvalue weighted by Crippen LogP contribution is -2.23. The molecule has 5 heteroatoms. The Morgan fingerprint density at radius 1 is 0.938 bits per heavy atom. The van der Waals surface area contributed by atoms with E-state index in [-0.39, 0.29) is 22.9 Å². The fourth-order valence-electron chi connectivity index (χ4n) is 7.52. The van der Waals surface area contributed by atoms with Crippen molar-refractivity contribution in [2.75, 3.05) is 5.32 Å². The van der Waals surface area contributed by atoms with E-state index in [1.54, 1.807) is 6.07 Å². The number of nitrogens with one attached hydrogen (secondary N) is 1. The number of amides is 1. The molecule has 5 nitrogen and oxygen atoms in total. The van der Waals surface area contributed by atoms with Gasteiger partial charge in [0.2, 0.25) is 0 Å². The quantitative estimate of drug-likeness (QED) is 0.103. The van der Waals surface area contributed by atoms with Crippen LogP contribution in [0.4, 0.5) is 5.69 Å². The zero-order valence-corrected chi connectivity index (χ0v) is 29.9. The number of carbonyl (C=O) groups is 3. The molecule has 2 atom stereocenters. The maximum atomic E-state index is 13.5. The van der Waals surface area contributed by atoms with E-state index in [2.05, 4.69) is 63.9 Å². The minimum atomic E-state index is -0.326. The third-order valence-corrected chi connectivity index (χ3v) is 10.3. The minimum absolute atomic E-state index is 0.0645. The average molecular weight is 652 g/mol. The fourth-order valence-corrected chi connectivity index (χ4v) is 7.52. The van der Waals surface area contributed by atoms with Gasteiger partial charge in [0.25, 0.3) is 5.91 Å². The van der Waals surface area contributed by atoms with Crippen LogP contribution >= 0.6 is 0 Å². The molecule has 1 heterocycles. The number of benzene rings is 2. The first-order valence-electron chi connectivity index (χ1n) is 18.5. The molecule has 0 aliphatic heterocycles. The largest absolute Gasteiger partial charge is 0.451 e. The maximum absolute atomic E-state index is 13.5. The highest BCUT2D eigenvalue weighted by Crippen LogP contribution is 2.37. The topological polar surface area (TPSA) is 76.4 Å². The summed E-state index contributed by atoms with van der Waals surface area (Å²) in [7, 11) is 0. The molecule has 1 aliphatic rings. The van der Waals surface area contributed by atoms with Crippen LogP contribution in [0.1, 0.15) is 160 Å². The van der Waals surface area contributed by atoms with Gasteiger partial charge in [-0.25, -0.2) is 0 Å². The van der Waals surface area contributed by atoms with Crippen LogP contribution < -0.4 is 5.32 Å². The third-order valence-electron chi connectivity index (χ3n) is 10.3. The average Bonchev–Trinajstić information content (AvgIpc) is 3.57. The maximum Gasteiger partial charge on any atom is 0.291 e. The van der Waals surface area contributed by atoms with Crippen LogP contribution in [0.2, 0.25) is 0 Å². The summed E-state index contributed by atoms with van der Waals surface area (Å²) in [4.78, 5) is 38.6. The molecule has 0 spiro atoms. The highest BCUT2D eigenvalue weighted by atomic mass is 16.4. The van der Waals surface area contributed by atoms with Crippen molar-refractivity contribution < 1.29 is 18.8 Å². The number of anilines is 1. The molecule has 0 saturated heterocycles. The van der Waals surface area contributed by atoms with Crippen molar-refractivity contribution in [3.8, 4) is 0 Å². The van der Waals surface area contributed by atoms with Gasteiger partial charge >= 0.3 is 0 Å². The van der Waals surface area contributed by atoms with E-state index >= 15 is 0 Å². The normalized spacial score (nSPS) is 16.0. The highest BCUT2D eigenvalue weighted by Gasteiger charge is 2.27. The Hall–Kier alpha value is -3.73. The number of aryl methyl sites for hydroxylation is 2. The van der Waals surface area contributed by atoms with Crippen LogP contribution in [-0.2, 0) is 16.6 Å². The first kappa shape index (κ1) is 37.1. The zero-order valence-electron chi connectivity index (χ0n) is 29.9. The second-order valence-electron chi connectivity index (χ2n) is 14.3. The summed E-state index contributed by atoms with van der Waals surface area (Å²) in [6.07, 6.45) is 14.7. The Bertz CT molecular complexity index is 1550. The number of unbranched alkanes of at least 4 members (excludes halogenated alkanes) is 2. The van der Waals surface area contributed by atoms with Crippen molar-refractivity contribution in [2.24, 2.45) is 5.92 Å². The number of hydrogen-bond donors (Lipinski definition) is 1. The predicted molar refractivity (Wildman–Crippen MR) is 198 cm³/mol. The lowest BCUT2D eigenvalue weighted by Gasteiger charge is -2.32. The molecule has 3 aromatic rings. The Morgan fingerprint density at radius 3 is 2.48 bits per heavy atom. The molecule has 2 unspecified atom stereocenters. The van der Waals surface area contributed by atoms with E-state index in [9.17, 15) is 14.4 Å². The summed E-state index contributed by atoms with van der Waals surface area (Å²) >= 11 is 0. The van der Waals surface area contributed by atoms with Crippen molar-refractivity contribution >= 4 is 28.7 Å². The molecule has 1 fully saturated rings. The van der Waals surface area contributed by atoms with Gasteiger partial charge in [-0.3, -0.25) is 14.4 Å². The van der Waals surface area contributed by atoms with E-state index in [1.807, 2.05) is 24.3 Å². The molecule has 258 valence electrons. The summed E-state index contributed by atoms with van der Waals surface area (Å²) in [5.41, 5.74) is 5.99. The molecule has 1 aromatic heterocycles. The molecule has 1 saturated carbocycles. The third kappa shape index (κ3) is 10.4.